The molecule has 2 heterocycles. The van der Waals surface area contributed by atoms with Gasteiger partial charge in [-0.15, -0.1) is 0 Å². The molecule has 0 fully saturated rings. The second-order valence-electron chi connectivity index (χ2n) is 3.81. The van der Waals surface area contributed by atoms with E-state index in [0.29, 0.717) is 22.6 Å². The Morgan fingerprint density at radius 2 is 1.89 bits per heavy atom. The van der Waals surface area contributed by atoms with Crippen LogP contribution in [-0.2, 0) is 0 Å². The summed E-state index contributed by atoms with van der Waals surface area (Å²) in [5.74, 6) is 0. The fourth-order valence-electron chi connectivity index (χ4n) is 1.73. The molecule has 18 heavy (non-hydrogen) atoms. The van der Waals surface area contributed by atoms with E-state index in [4.69, 9.17) is 11.6 Å². The number of aldehydes is 1. The van der Waals surface area contributed by atoms with Crippen molar-refractivity contribution in [1.82, 2.24) is 14.6 Å². The zero-order valence-corrected chi connectivity index (χ0v) is 10.0. The standard InChI is InChI=1S/C13H8ClN3O/c14-10-3-1-9(2-4-10)12-5-6-13-15-11(8-18)7-17(13)16-12/h1-8H. The van der Waals surface area contributed by atoms with E-state index in [2.05, 4.69) is 10.1 Å². The summed E-state index contributed by atoms with van der Waals surface area (Å²) in [4.78, 5) is 14.7. The van der Waals surface area contributed by atoms with Gasteiger partial charge in [0, 0.05) is 10.6 Å². The zero-order valence-electron chi connectivity index (χ0n) is 9.25. The van der Waals surface area contributed by atoms with Gasteiger partial charge in [-0.25, -0.2) is 9.50 Å². The Morgan fingerprint density at radius 3 is 2.61 bits per heavy atom. The van der Waals surface area contributed by atoms with Gasteiger partial charge in [0.1, 0.15) is 5.69 Å². The Balaban J connectivity index is 2.12. The largest absolute Gasteiger partial charge is 0.296 e. The number of nitrogens with zero attached hydrogens (tertiary/aromatic N) is 3. The third-order valence-corrected chi connectivity index (χ3v) is 2.85. The lowest BCUT2D eigenvalue weighted by Crippen LogP contribution is -1.92. The van der Waals surface area contributed by atoms with E-state index in [1.165, 1.54) is 0 Å². The van der Waals surface area contributed by atoms with Gasteiger partial charge in [0.2, 0.25) is 0 Å². The topological polar surface area (TPSA) is 47.3 Å². The van der Waals surface area contributed by atoms with Crippen LogP contribution in [0.1, 0.15) is 10.5 Å². The Morgan fingerprint density at radius 1 is 1.11 bits per heavy atom. The molecular weight excluding hydrogens is 250 g/mol. The lowest BCUT2D eigenvalue weighted by Gasteiger charge is -2.01. The van der Waals surface area contributed by atoms with Crippen LogP contribution in [-0.4, -0.2) is 20.9 Å². The second kappa shape index (κ2) is 4.23. The van der Waals surface area contributed by atoms with E-state index < -0.39 is 0 Å². The highest BCUT2D eigenvalue weighted by molar-refractivity contribution is 6.30. The van der Waals surface area contributed by atoms with Crippen LogP contribution in [0.3, 0.4) is 0 Å². The van der Waals surface area contributed by atoms with E-state index in [0.717, 1.165) is 11.3 Å². The minimum atomic E-state index is 0.371. The van der Waals surface area contributed by atoms with E-state index in [-0.39, 0.29) is 0 Å². The van der Waals surface area contributed by atoms with Crippen LogP contribution < -0.4 is 0 Å². The van der Waals surface area contributed by atoms with Gasteiger partial charge in [-0.2, -0.15) is 5.10 Å². The smallest absolute Gasteiger partial charge is 0.170 e. The van der Waals surface area contributed by atoms with E-state index in [1.54, 1.807) is 10.7 Å². The van der Waals surface area contributed by atoms with Crippen LogP contribution in [0.25, 0.3) is 16.9 Å². The van der Waals surface area contributed by atoms with Crippen LogP contribution >= 0.6 is 11.6 Å². The van der Waals surface area contributed by atoms with Crippen molar-refractivity contribution in [3.05, 3.63) is 53.3 Å². The molecular formula is C13H8ClN3O. The maximum absolute atomic E-state index is 10.7. The van der Waals surface area contributed by atoms with Gasteiger partial charge in [-0.3, -0.25) is 4.79 Å². The van der Waals surface area contributed by atoms with Crippen molar-refractivity contribution < 1.29 is 4.79 Å². The maximum Gasteiger partial charge on any atom is 0.170 e. The minimum Gasteiger partial charge on any atom is -0.296 e. The highest BCUT2D eigenvalue weighted by Gasteiger charge is 2.04. The molecule has 0 saturated carbocycles. The third kappa shape index (κ3) is 1.87. The SMILES string of the molecule is O=Cc1cn2nc(-c3ccc(Cl)cc3)ccc2n1. The predicted molar refractivity (Wildman–Crippen MR) is 68.8 cm³/mol. The Hall–Kier alpha value is -2.20. The third-order valence-electron chi connectivity index (χ3n) is 2.60. The molecule has 2 aromatic heterocycles. The Labute approximate surface area is 108 Å². The van der Waals surface area contributed by atoms with Crippen molar-refractivity contribution in [2.45, 2.75) is 0 Å². The van der Waals surface area contributed by atoms with Crippen molar-refractivity contribution >= 4 is 23.5 Å². The summed E-state index contributed by atoms with van der Waals surface area (Å²) in [5, 5.41) is 5.08. The molecule has 1 aromatic carbocycles. The molecule has 0 spiro atoms. The Kier molecular flexibility index (Phi) is 2.57. The molecule has 88 valence electrons. The number of fused-ring (bicyclic) bond motifs is 1. The quantitative estimate of drug-likeness (QED) is 0.663. The summed E-state index contributed by atoms with van der Waals surface area (Å²) >= 11 is 5.84. The van der Waals surface area contributed by atoms with Gasteiger partial charge in [0.25, 0.3) is 0 Å². The molecule has 0 N–H and O–H groups in total. The van der Waals surface area contributed by atoms with E-state index in [9.17, 15) is 4.79 Å². The average molecular weight is 258 g/mol. The van der Waals surface area contributed by atoms with Crippen molar-refractivity contribution in [3.63, 3.8) is 0 Å². The average Bonchev–Trinajstić information content (AvgIpc) is 2.81. The lowest BCUT2D eigenvalue weighted by atomic mass is 10.1. The van der Waals surface area contributed by atoms with E-state index >= 15 is 0 Å². The predicted octanol–water partition coefficient (Wildman–Crippen LogP) is 2.86. The number of carbonyl (C=O) groups is 1. The maximum atomic E-state index is 10.7. The van der Waals surface area contributed by atoms with Gasteiger partial charge in [-0.1, -0.05) is 23.7 Å². The minimum absolute atomic E-state index is 0.371. The van der Waals surface area contributed by atoms with Gasteiger partial charge < -0.3 is 0 Å². The van der Waals surface area contributed by atoms with Crippen LogP contribution in [0.2, 0.25) is 5.02 Å². The molecule has 0 aliphatic heterocycles. The molecule has 0 unspecified atom stereocenters. The van der Waals surface area contributed by atoms with Gasteiger partial charge in [-0.05, 0) is 24.3 Å². The summed E-state index contributed by atoms with van der Waals surface area (Å²) in [5.41, 5.74) is 2.78. The number of hydrogen-bond acceptors (Lipinski definition) is 3. The lowest BCUT2D eigenvalue weighted by molar-refractivity contribution is 0.111. The zero-order chi connectivity index (χ0) is 12.5. The molecule has 0 aliphatic rings. The highest BCUT2D eigenvalue weighted by Crippen LogP contribution is 2.19. The van der Waals surface area contributed by atoms with Crippen molar-refractivity contribution in [3.8, 4) is 11.3 Å². The normalized spacial score (nSPS) is 10.7. The van der Waals surface area contributed by atoms with Gasteiger partial charge in [0.15, 0.2) is 11.9 Å². The van der Waals surface area contributed by atoms with Crippen LogP contribution in [0.4, 0.5) is 0 Å². The van der Waals surface area contributed by atoms with E-state index in [1.807, 2.05) is 36.4 Å². The van der Waals surface area contributed by atoms with Crippen molar-refractivity contribution in [2.24, 2.45) is 0 Å². The fourth-order valence-corrected chi connectivity index (χ4v) is 1.86. The molecule has 0 atom stereocenters. The molecule has 0 bridgehead atoms. The Bertz CT molecular complexity index is 719. The molecule has 0 amide bonds. The monoisotopic (exact) mass is 257 g/mol. The summed E-state index contributed by atoms with van der Waals surface area (Å²) in [6.07, 6.45) is 2.30. The van der Waals surface area contributed by atoms with Crippen molar-refractivity contribution in [2.75, 3.05) is 0 Å². The highest BCUT2D eigenvalue weighted by atomic mass is 35.5. The first-order chi connectivity index (χ1) is 8.76. The number of rotatable bonds is 2. The second-order valence-corrected chi connectivity index (χ2v) is 4.25. The first-order valence-electron chi connectivity index (χ1n) is 5.34. The molecule has 3 rings (SSSR count). The summed E-state index contributed by atoms with van der Waals surface area (Å²) in [7, 11) is 0. The number of imidazole rings is 1. The molecule has 4 nitrogen and oxygen atoms in total. The van der Waals surface area contributed by atoms with Crippen LogP contribution in [0.15, 0.2) is 42.6 Å². The fraction of sp³-hybridized carbons (Fsp3) is 0. The summed E-state index contributed by atoms with van der Waals surface area (Å²) < 4.78 is 1.59. The van der Waals surface area contributed by atoms with Crippen LogP contribution in [0, 0.1) is 0 Å². The first kappa shape index (κ1) is 10.9. The number of benzene rings is 1. The summed E-state index contributed by atoms with van der Waals surface area (Å²) in [6.45, 7) is 0. The van der Waals surface area contributed by atoms with Crippen molar-refractivity contribution in [1.29, 1.82) is 0 Å². The van der Waals surface area contributed by atoms with Crippen LogP contribution in [0.5, 0.6) is 0 Å². The molecule has 0 radical (unpaired) electrons. The molecule has 0 saturated heterocycles. The van der Waals surface area contributed by atoms with Gasteiger partial charge in [0.05, 0.1) is 11.9 Å². The summed E-state index contributed by atoms with van der Waals surface area (Å²) in [6, 6.07) is 11.1. The number of hydrogen-bond donors (Lipinski definition) is 0. The number of carbonyl (C=O) groups excluding carboxylic acids is 1. The molecule has 3 aromatic rings. The number of aromatic nitrogens is 3. The number of halogens is 1. The molecule has 5 heteroatoms. The molecule has 0 aliphatic carbocycles. The first-order valence-corrected chi connectivity index (χ1v) is 5.71. The van der Waals surface area contributed by atoms with Gasteiger partial charge >= 0.3 is 0 Å².